The second-order valence-corrected chi connectivity index (χ2v) is 8.13. The van der Waals surface area contributed by atoms with Gasteiger partial charge >= 0.3 is 12.0 Å². The molecule has 1 atom stereocenters. The monoisotopic (exact) mass is 394 g/mol. The van der Waals surface area contributed by atoms with E-state index in [1.54, 1.807) is 34.6 Å². The summed E-state index contributed by atoms with van der Waals surface area (Å²) in [5, 5.41) is 5.01. The molecule has 0 unspecified atom stereocenters. The van der Waals surface area contributed by atoms with Crippen LogP contribution in [0.2, 0.25) is 0 Å². The van der Waals surface area contributed by atoms with Crippen molar-refractivity contribution in [2.45, 2.75) is 53.2 Å². The quantitative estimate of drug-likeness (QED) is 0.680. The molecule has 10 heteroatoms. The van der Waals surface area contributed by atoms with Gasteiger partial charge in [-0.3, -0.25) is 14.9 Å². The Morgan fingerprint density at radius 3 is 2.44 bits per heavy atom. The summed E-state index contributed by atoms with van der Waals surface area (Å²) in [5.74, 6) is -1.08. The summed E-state index contributed by atoms with van der Waals surface area (Å²) in [7, 11) is 0. The van der Waals surface area contributed by atoms with Crippen LogP contribution >= 0.6 is 11.3 Å². The van der Waals surface area contributed by atoms with Crippen LogP contribution in [0.1, 0.15) is 48.8 Å². The summed E-state index contributed by atoms with van der Waals surface area (Å²) in [6, 6.07) is -0.681. The maximum Gasteiger partial charge on any atom is 0.349 e. The molecule has 2 rings (SSSR count). The summed E-state index contributed by atoms with van der Waals surface area (Å²) in [6.07, 6.45) is -1.19. The summed E-state index contributed by atoms with van der Waals surface area (Å²) in [5.41, 5.74) is -0.418. The van der Waals surface area contributed by atoms with Crippen molar-refractivity contribution in [3.8, 4) is 0 Å². The fourth-order valence-electron chi connectivity index (χ4n) is 2.30. The van der Waals surface area contributed by atoms with E-state index in [2.05, 4.69) is 20.6 Å². The number of aromatic nitrogens is 2. The van der Waals surface area contributed by atoms with Crippen molar-refractivity contribution in [1.82, 2.24) is 20.6 Å². The summed E-state index contributed by atoms with van der Waals surface area (Å²) in [6.45, 7) is 9.91. The minimum atomic E-state index is -1.19. The zero-order chi connectivity index (χ0) is 20.5. The molecule has 2 aromatic heterocycles. The van der Waals surface area contributed by atoms with Crippen molar-refractivity contribution in [3.05, 3.63) is 26.6 Å². The Labute approximate surface area is 159 Å². The Hall–Kier alpha value is -2.75. The number of fused-ring (bicyclic) bond motifs is 1. The molecular weight excluding hydrogens is 372 g/mol. The fourth-order valence-corrected chi connectivity index (χ4v) is 3.41. The van der Waals surface area contributed by atoms with Gasteiger partial charge in [0.15, 0.2) is 6.10 Å². The van der Waals surface area contributed by atoms with E-state index in [1.807, 2.05) is 0 Å². The Balaban J connectivity index is 2.13. The van der Waals surface area contributed by atoms with E-state index in [0.717, 1.165) is 11.3 Å². The number of H-pyrrole nitrogens is 1. The number of hydrogen-bond acceptors (Lipinski definition) is 7. The molecule has 2 heterocycles. The number of rotatable bonds is 3. The van der Waals surface area contributed by atoms with Crippen molar-refractivity contribution in [3.63, 3.8) is 0 Å². The lowest BCUT2D eigenvalue weighted by Crippen LogP contribution is -2.50. The third-order valence-corrected chi connectivity index (χ3v) is 4.65. The molecule has 146 valence electrons. The lowest BCUT2D eigenvalue weighted by Gasteiger charge is -2.21. The Morgan fingerprint density at radius 1 is 1.22 bits per heavy atom. The van der Waals surface area contributed by atoms with E-state index in [4.69, 9.17) is 4.74 Å². The first-order chi connectivity index (χ1) is 12.4. The van der Waals surface area contributed by atoms with Crippen LogP contribution in [-0.4, -0.2) is 39.5 Å². The number of carbonyl (C=O) groups is 3. The van der Waals surface area contributed by atoms with E-state index >= 15 is 0 Å². The third-order valence-electron chi connectivity index (χ3n) is 3.48. The zero-order valence-corrected chi connectivity index (χ0v) is 16.8. The second kappa shape index (κ2) is 7.47. The summed E-state index contributed by atoms with van der Waals surface area (Å²) < 4.78 is 5.15. The van der Waals surface area contributed by atoms with Gasteiger partial charge in [0.1, 0.15) is 15.5 Å². The molecule has 0 saturated carbocycles. The summed E-state index contributed by atoms with van der Waals surface area (Å²) in [4.78, 5) is 55.7. The highest BCUT2D eigenvalue weighted by Gasteiger charge is 2.26. The molecule has 27 heavy (non-hydrogen) atoms. The number of aryl methyl sites for hydroxylation is 2. The van der Waals surface area contributed by atoms with Gasteiger partial charge in [-0.25, -0.2) is 14.6 Å². The first-order valence-corrected chi connectivity index (χ1v) is 9.04. The third kappa shape index (κ3) is 4.91. The maximum absolute atomic E-state index is 12.4. The number of imide groups is 1. The molecule has 3 amide bonds. The van der Waals surface area contributed by atoms with Crippen LogP contribution in [0, 0.1) is 13.8 Å². The van der Waals surface area contributed by atoms with E-state index in [9.17, 15) is 19.2 Å². The number of esters is 1. The van der Waals surface area contributed by atoms with Gasteiger partial charge < -0.3 is 15.0 Å². The number of nitrogens with zero attached hydrogens (tertiary/aromatic N) is 1. The van der Waals surface area contributed by atoms with Gasteiger partial charge in [-0.2, -0.15) is 0 Å². The maximum atomic E-state index is 12.4. The van der Waals surface area contributed by atoms with Crippen molar-refractivity contribution < 1.29 is 19.1 Å². The van der Waals surface area contributed by atoms with Crippen LogP contribution in [0.25, 0.3) is 10.2 Å². The van der Waals surface area contributed by atoms with Crippen LogP contribution in [0.15, 0.2) is 4.79 Å². The molecule has 0 bridgehead atoms. The van der Waals surface area contributed by atoms with Crippen molar-refractivity contribution in [2.24, 2.45) is 0 Å². The smallest absolute Gasteiger partial charge is 0.349 e. The lowest BCUT2D eigenvalue weighted by molar-refractivity contribution is -0.127. The minimum absolute atomic E-state index is 0.187. The van der Waals surface area contributed by atoms with E-state index in [0.29, 0.717) is 21.6 Å². The molecule has 0 spiro atoms. The van der Waals surface area contributed by atoms with E-state index in [-0.39, 0.29) is 10.4 Å². The normalized spacial score (nSPS) is 12.5. The average Bonchev–Trinajstić information content (AvgIpc) is 2.81. The molecule has 0 aliphatic rings. The van der Waals surface area contributed by atoms with Gasteiger partial charge in [0.05, 0.1) is 5.39 Å². The molecule has 3 N–H and O–H groups in total. The van der Waals surface area contributed by atoms with E-state index < -0.39 is 29.6 Å². The molecule has 0 radical (unpaired) electrons. The van der Waals surface area contributed by atoms with Gasteiger partial charge in [-0.05, 0) is 47.1 Å². The van der Waals surface area contributed by atoms with Gasteiger partial charge in [0, 0.05) is 5.54 Å². The van der Waals surface area contributed by atoms with Gasteiger partial charge in [0.25, 0.3) is 11.5 Å². The van der Waals surface area contributed by atoms with Crippen LogP contribution in [0.5, 0.6) is 0 Å². The molecule has 0 aliphatic heterocycles. The number of thiophene rings is 1. The number of ether oxygens (including phenoxy) is 1. The number of nitrogens with one attached hydrogen (secondary N) is 3. The SMILES string of the molecule is Cc1nc2sc(C(=O)O[C@@H](C)C(=O)NC(=O)NC(C)(C)C)c(C)c2c(=O)[nH]1. The molecular formula is C17H22N4O5S. The predicted octanol–water partition coefficient (Wildman–Crippen LogP) is 1.77. The van der Waals surface area contributed by atoms with Crippen LogP contribution in [-0.2, 0) is 9.53 Å². The first-order valence-electron chi connectivity index (χ1n) is 8.23. The number of hydrogen-bond donors (Lipinski definition) is 3. The standard InChI is InChI=1S/C17H22N4O5S/c1-7-10-13(23)18-9(3)19-14(10)27-11(7)15(24)26-8(2)12(22)20-16(25)21-17(4,5)6/h8H,1-6H3,(H,18,19,23)(H2,20,21,22,25)/t8-/m0/s1. The molecule has 0 aromatic carbocycles. The molecule has 9 nitrogen and oxygen atoms in total. The number of aromatic amines is 1. The molecule has 0 aliphatic carbocycles. The topological polar surface area (TPSA) is 130 Å². The largest absolute Gasteiger partial charge is 0.448 e. The molecule has 0 fully saturated rings. The first kappa shape index (κ1) is 20.6. The Kier molecular flexibility index (Phi) is 5.69. The Morgan fingerprint density at radius 2 is 1.85 bits per heavy atom. The van der Waals surface area contributed by atoms with Crippen molar-refractivity contribution in [2.75, 3.05) is 0 Å². The lowest BCUT2D eigenvalue weighted by atomic mass is 10.1. The highest BCUT2D eigenvalue weighted by molar-refractivity contribution is 7.20. The van der Waals surface area contributed by atoms with Gasteiger partial charge in [0.2, 0.25) is 0 Å². The molecule has 2 aromatic rings. The van der Waals surface area contributed by atoms with Crippen molar-refractivity contribution in [1.29, 1.82) is 0 Å². The van der Waals surface area contributed by atoms with Crippen LogP contribution in [0.3, 0.4) is 0 Å². The van der Waals surface area contributed by atoms with Gasteiger partial charge in [-0.15, -0.1) is 11.3 Å². The average molecular weight is 394 g/mol. The van der Waals surface area contributed by atoms with Crippen LogP contribution < -0.4 is 16.2 Å². The number of amides is 3. The highest BCUT2D eigenvalue weighted by Crippen LogP contribution is 2.27. The van der Waals surface area contributed by atoms with Crippen LogP contribution in [0.4, 0.5) is 4.79 Å². The number of urea groups is 1. The number of carbonyl (C=O) groups excluding carboxylic acids is 3. The van der Waals surface area contributed by atoms with Crippen molar-refractivity contribution >= 4 is 39.5 Å². The van der Waals surface area contributed by atoms with E-state index in [1.165, 1.54) is 6.92 Å². The zero-order valence-electron chi connectivity index (χ0n) is 16.0. The fraction of sp³-hybridized carbons (Fsp3) is 0.471. The van der Waals surface area contributed by atoms with Gasteiger partial charge in [-0.1, -0.05) is 0 Å². The second-order valence-electron chi connectivity index (χ2n) is 7.13. The highest BCUT2D eigenvalue weighted by atomic mass is 32.1. The Bertz CT molecular complexity index is 970. The minimum Gasteiger partial charge on any atom is -0.448 e. The predicted molar refractivity (Wildman–Crippen MR) is 101 cm³/mol. The summed E-state index contributed by atoms with van der Waals surface area (Å²) >= 11 is 1.02. The molecule has 0 saturated heterocycles.